The number of piperidine rings is 1. The van der Waals surface area contributed by atoms with Gasteiger partial charge in [0.15, 0.2) is 0 Å². The number of alkyl halides is 3. The summed E-state index contributed by atoms with van der Waals surface area (Å²) in [6, 6.07) is 3.71. The van der Waals surface area contributed by atoms with Gasteiger partial charge in [0.25, 0.3) is 0 Å². The van der Waals surface area contributed by atoms with E-state index >= 15 is 0 Å². The Labute approximate surface area is 183 Å². The van der Waals surface area contributed by atoms with Crippen LogP contribution in [0.2, 0.25) is 0 Å². The van der Waals surface area contributed by atoms with Crippen LogP contribution in [-0.2, 0) is 20.9 Å². The quantitative estimate of drug-likeness (QED) is 0.750. The lowest BCUT2D eigenvalue weighted by atomic mass is 9.99. The summed E-state index contributed by atoms with van der Waals surface area (Å²) < 4.78 is 52.4. The molecular weight excluding hydrogens is 431 g/mol. The van der Waals surface area contributed by atoms with Gasteiger partial charge in [-0.15, -0.1) is 13.2 Å². The van der Waals surface area contributed by atoms with E-state index in [1.807, 2.05) is 6.92 Å². The number of urea groups is 1. The lowest BCUT2D eigenvalue weighted by Crippen LogP contribution is -2.67. The normalized spacial score (nSPS) is 28.0. The van der Waals surface area contributed by atoms with Gasteiger partial charge in [-0.1, -0.05) is 6.07 Å². The molecule has 0 spiro atoms. The number of hydrogen-bond acceptors (Lipinski definition) is 5. The van der Waals surface area contributed by atoms with Gasteiger partial charge in [-0.05, 0) is 43.5 Å². The van der Waals surface area contributed by atoms with E-state index in [-0.39, 0.29) is 55.2 Å². The zero-order valence-corrected chi connectivity index (χ0v) is 17.9. The molecule has 32 heavy (non-hydrogen) atoms. The fourth-order valence-electron chi connectivity index (χ4n) is 4.30. The monoisotopic (exact) mass is 457 g/mol. The molecule has 0 radical (unpaired) electrons. The van der Waals surface area contributed by atoms with E-state index in [0.29, 0.717) is 31.6 Å². The first-order valence-corrected chi connectivity index (χ1v) is 10.5. The van der Waals surface area contributed by atoms with Crippen LogP contribution in [0.25, 0.3) is 0 Å². The second-order valence-corrected chi connectivity index (χ2v) is 8.42. The summed E-state index contributed by atoms with van der Waals surface area (Å²) in [4.78, 5) is 27.9. The largest absolute Gasteiger partial charge is 0.573 e. The third-order valence-electron chi connectivity index (χ3n) is 6.25. The Morgan fingerprint density at radius 3 is 2.78 bits per heavy atom. The molecule has 3 fully saturated rings. The number of hydrogen-bond donors (Lipinski definition) is 1. The third kappa shape index (κ3) is 4.93. The molecule has 1 aromatic rings. The predicted molar refractivity (Wildman–Crippen MR) is 106 cm³/mol. The molecule has 3 aliphatic rings. The minimum atomic E-state index is -4.73. The number of aryl methyl sites for hydroxylation is 1. The Morgan fingerprint density at radius 2 is 2.09 bits per heavy atom. The van der Waals surface area contributed by atoms with Gasteiger partial charge in [0.2, 0.25) is 5.91 Å². The lowest BCUT2D eigenvalue weighted by molar-refractivity contribution is -0.274. The molecule has 0 saturated carbocycles. The molecule has 2 unspecified atom stereocenters. The standard InChI is InChI=1S/C21H26F3N3O5/c1-12-7-15(32-21(22,23)24)4-3-14(12)10-30-18-9-27(13(18)2)20(29)26-6-5-17-16(8-26)25-19(28)11-31-17/h3-4,7,13,16-18H,5-6,8-11H2,1-2H3,(H,25,28)/t13?,16-,17+,18?/m1/s1. The smallest absolute Gasteiger partial charge is 0.406 e. The van der Waals surface area contributed by atoms with Crippen molar-refractivity contribution in [3.8, 4) is 5.75 Å². The maximum absolute atomic E-state index is 12.9. The Bertz CT molecular complexity index is 881. The number of halogens is 3. The molecule has 8 nitrogen and oxygen atoms in total. The van der Waals surface area contributed by atoms with Crippen molar-refractivity contribution in [3.05, 3.63) is 29.3 Å². The first-order valence-electron chi connectivity index (χ1n) is 10.5. The topological polar surface area (TPSA) is 80.3 Å². The minimum absolute atomic E-state index is 0.0576. The van der Waals surface area contributed by atoms with Crippen LogP contribution in [0.15, 0.2) is 18.2 Å². The lowest BCUT2D eigenvalue weighted by Gasteiger charge is -2.49. The molecule has 3 saturated heterocycles. The van der Waals surface area contributed by atoms with Gasteiger partial charge < -0.3 is 29.3 Å². The van der Waals surface area contributed by atoms with Crippen molar-refractivity contribution in [1.29, 1.82) is 0 Å². The van der Waals surface area contributed by atoms with E-state index in [9.17, 15) is 22.8 Å². The zero-order valence-electron chi connectivity index (χ0n) is 17.9. The number of benzene rings is 1. The first-order chi connectivity index (χ1) is 15.1. The highest BCUT2D eigenvalue weighted by Gasteiger charge is 2.44. The number of amides is 3. The number of fused-ring (bicyclic) bond motifs is 1. The van der Waals surface area contributed by atoms with Gasteiger partial charge in [0.1, 0.15) is 12.4 Å². The van der Waals surface area contributed by atoms with Crippen molar-refractivity contribution in [1.82, 2.24) is 15.1 Å². The Kier molecular flexibility index (Phi) is 6.22. The number of ether oxygens (including phenoxy) is 3. The zero-order chi connectivity index (χ0) is 23.0. The molecule has 1 N–H and O–H groups in total. The number of nitrogens with zero attached hydrogens (tertiary/aromatic N) is 2. The van der Waals surface area contributed by atoms with Gasteiger partial charge in [0.05, 0.1) is 37.4 Å². The molecular formula is C21H26F3N3O5. The van der Waals surface area contributed by atoms with Crippen LogP contribution in [0.1, 0.15) is 24.5 Å². The molecule has 0 aromatic heterocycles. The van der Waals surface area contributed by atoms with Gasteiger partial charge >= 0.3 is 12.4 Å². The molecule has 4 atom stereocenters. The number of nitrogens with one attached hydrogen (secondary N) is 1. The summed E-state index contributed by atoms with van der Waals surface area (Å²) in [6.07, 6.45) is -4.28. The van der Waals surface area contributed by atoms with Crippen LogP contribution in [0.5, 0.6) is 5.75 Å². The summed E-state index contributed by atoms with van der Waals surface area (Å²) in [6.45, 7) is 5.30. The minimum Gasteiger partial charge on any atom is -0.406 e. The van der Waals surface area contributed by atoms with E-state index in [4.69, 9.17) is 9.47 Å². The molecule has 1 aromatic carbocycles. The number of carbonyl (C=O) groups excluding carboxylic acids is 2. The molecule has 4 rings (SSSR count). The van der Waals surface area contributed by atoms with E-state index in [2.05, 4.69) is 10.1 Å². The average molecular weight is 457 g/mol. The Morgan fingerprint density at radius 1 is 1.31 bits per heavy atom. The van der Waals surface area contributed by atoms with Crippen LogP contribution in [0, 0.1) is 6.92 Å². The molecule has 3 amide bonds. The number of morpholine rings is 1. The third-order valence-corrected chi connectivity index (χ3v) is 6.25. The van der Waals surface area contributed by atoms with Gasteiger partial charge in [-0.3, -0.25) is 4.79 Å². The van der Waals surface area contributed by atoms with E-state index in [1.165, 1.54) is 12.1 Å². The Hall–Kier alpha value is -2.53. The summed E-state index contributed by atoms with van der Waals surface area (Å²) >= 11 is 0. The Balaban J connectivity index is 1.26. The van der Waals surface area contributed by atoms with Crippen molar-refractivity contribution in [2.75, 3.05) is 26.2 Å². The van der Waals surface area contributed by atoms with Crippen molar-refractivity contribution in [2.24, 2.45) is 0 Å². The molecule has 0 bridgehead atoms. The second kappa shape index (κ2) is 8.78. The highest BCUT2D eigenvalue weighted by atomic mass is 19.4. The van der Waals surface area contributed by atoms with Crippen LogP contribution in [-0.4, -0.2) is 78.6 Å². The van der Waals surface area contributed by atoms with Crippen molar-refractivity contribution >= 4 is 11.9 Å². The average Bonchev–Trinajstić information content (AvgIpc) is 2.72. The van der Waals surface area contributed by atoms with Crippen LogP contribution in [0.3, 0.4) is 0 Å². The summed E-state index contributed by atoms with van der Waals surface area (Å²) in [5, 5.41) is 2.89. The SMILES string of the molecule is Cc1cc(OC(F)(F)F)ccc1COC1CN(C(=O)N2CC[C@@H]3OCC(=O)N[C@@H]3C2)C1C. The highest BCUT2D eigenvalue weighted by Crippen LogP contribution is 2.28. The van der Waals surface area contributed by atoms with Gasteiger partial charge in [0, 0.05) is 13.1 Å². The number of carbonyl (C=O) groups is 2. The summed E-state index contributed by atoms with van der Waals surface area (Å²) in [5.74, 6) is -0.435. The molecule has 176 valence electrons. The van der Waals surface area contributed by atoms with Crippen LogP contribution >= 0.6 is 0 Å². The molecule has 11 heteroatoms. The molecule has 0 aliphatic carbocycles. The summed E-state index contributed by atoms with van der Waals surface area (Å²) in [5.41, 5.74) is 1.39. The predicted octanol–water partition coefficient (Wildman–Crippen LogP) is 2.19. The number of rotatable bonds is 4. The maximum atomic E-state index is 12.9. The fourth-order valence-corrected chi connectivity index (χ4v) is 4.30. The maximum Gasteiger partial charge on any atom is 0.573 e. The van der Waals surface area contributed by atoms with Crippen LogP contribution < -0.4 is 10.1 Å². The van der Waals surface area contributed by atoms with Crippen molar-refractivity contribution < 1.29 is 37.0 Å². The molecule has 3 aliphatic heterocycles. The van der Waals surface area contributed by atoms with E-state index in [1.54, 1.807) is 22.8 Å². The van der Waals surface area contributed by atoms with E-state index in [0.717, 1.165) is 5.56 Å². The van der Waals surface area contributed by atoms with Crippen molar-refractivity contribution in [2.45, 2.75) is 57.5 Å². The molecule has 3 heterocycles. The van der Waals surface area contributed by atoms with E-state index < -0.39 is 6.36 Å². The van der Waals surface area contributed by atoms with Gasteiger partial charge in [-0.25, -0.2) is 4.79 Å². The second-order valence-electron chi connectivity index (χ2n) is 8.42. The van der Waals surface area contributed by atoms with Gasteiger partial charge in [-0.2, -0.15) is 0 Å². The summed E-state index contributed by atoms with van der Waals surface area (Å²) in [7, 11) is 0. The fraction of sp³-hybridized carbons (Fsp3) is 0.619. The number of likely N-dealkylation sites (tertiary alicyclic amines) is 2. The first kappa shape index (κ1) is 22.7. The highest BCUT2D eigenvalue weighted by molar-refractivity contribution is 5.79. The van der Waals surface area contributed by atoms with Crippen molar-refractivity contribution in [3.63, 3.8) is 0 Å². The van der Waals surface area contributed by atoms with Crippen LogP contribution in [0.4, 0.5) is 18.0 Å².